The summed E-state index contributed by atoms with van der Waals surface area (Å²) < 4.78 is 0. The van der Waals surface area contributed by atoms with Crippen LogP contribution in [0.2, 0.25) is 0 Å². The summed E-state index contributed by atoms with van der Waals surface area (Å²) in [5.41, 5.74) is 11.1. The van der Waals surface area contributed by atoms with Crippen molar-refractivity contribution in [2.45, 2.75) is 31.3 Å². The number of hydrogen-bond acceptors (Lipinski definition) is 2. The maximum atomic E-state index is 5.62. The average molecular weight is 100 g/mol. The van der Waals surface area contributed by atoms with E-state index >= 15 is 0 Å². The molecule has 1 aliphatic rings. The zero-order valence-electron chi connectivity index (χ0n) is 4.86. The molecule has 1 aliphatic carbocycles. The molecule has 0 aromatic rings. The van der Waals surface area contributed by atoms with Gasteiger partial charge in [-0.25, -0.2) is 0 Å². The lowest BCUT2D eigenvalue weighted by molar-refractivity contribution is 0.603. The molecule has 42 valence electrons. The van der Waals surface area contributed by atoms with Crippen LogP contribution >= 0.6 is 0 Å². The van der Waals surface area contributed by atoms with Gasteiger partial charge in [0.25, 0.3) is 0 Å². The largest absolute Gasteiger partial charge is 0.324 e. The molecule has 0 unspecified atom stereocenters. The van der Waals surface area contributed by atoms with Crippen LogP contribution in [0, 0.1) is 0 Å². The summed E-state index contributed by atoms with van der Waals surface area (Å²) in [6, 6.07) is 0. The predicted octanol–water partition coefficient (Wildman–Crippen LogP) is -0.175. The average Bonchev–Trinajstić information content (AvgIpc) is 1.63. The highest BCUT2D eigenvalue weighted by Gasteiger charge is 2.55. The number of rotatable bonds is 0. The molecular formula is C5H12N2. The SMILES string of the molecule is C[C@]1(N)C[C@@]1(C)N. The Hall–Kier alpha value is -0.0800. The van der Waals surface area contributed by atoms with Crippen molar-refractivity contribution >= 4 is 0 Å². The van der Waals surface area contributed by atoms with Crippen LogP contribution in [0.1, 0.15) is 20.3 Å². The van der Waals surface area contributed by atoms with Crippen LogP contribution in [-0.2, 0) is 0 Å². The Labute approximate surface area is 43.9 Å². The normalized spacial score (nSPS) is 60.0. The highest BCUT2D eigenvalue weighted by atomic mass is 15.0. The van der Waals surface area contributed by atoms with Crippen molar-refractivity contribution in [3.8, 4) is 0 Å². The second-order valence-electron chi connectivity index (χ2n) is 3.01. The van der Waals surface area contributed by atoms with E-state index in [9.17, 15) is 0 Å². The minimum absolute atomic E-state index is 0.0764. The summed E-state index contributed by atoms with van der Waals surface area (Å²) in [6.07, 6.45) is 0.958. The van der Waals surface area contributed by atoms with Gasteiger partial charge in [0.1, 0.15) is 0 Å². The summed E-state index contributed by atoms with van der Waals surface area (Å²) in [6.45, 7) is 3.96. The fourth-order valence-corrected chi connectivity index (χ4v) is 0.719. The maximum absolute atomic E-state index is 5.62. The molecule has 2 nitrogen and oxygen atoms in total. The lowest BCUT2D eigenvalue weighted by Gasteiger charge is -2.05. The third kappa shape index (κ3) is 0.545. The fourth-order valence-electron chi connectivity index (χ4n) is 0.719. The summed E-state index contributed by atoms with van der Waals surface area (Å²) in [5, 5.41) is 0. The summed E-state index contributed by atoms with van der Waals surface area (Å²) in [7, 11) is 0. The molecule has 0 heterocycles. The van der Waals surface area contributed by atoms with Crippen LogP contribution in [0.4, 0.5) is 0 Å². The first-order chi connectivity index (χ1) is 2.96. The van der Waals surface area contributed by atoms with Crippen LogP contribution in [-0.4, -0.2) is 11.1 Å². The van der Waals surface area contributed by atoms with Gasteiger partial charge in [-0.2, -0.15) is 0 Å². The van der Waals surface area contributed by atoms with Gasteiger partial charge in [0.2, 0.25) is 0 Å². The summed E-state index contributed by atoms with van der Waals surface area (Å²) >= 11 is 0. The van der Waals surface area contributed by atoms with E-state index in [1.807, 2.05) is 13.8 Å². The number of nitrogens with two attached hydrogens (primary N) is 2. The lowest BCUT2D eigenvalue weighted by Crippen LogP contribution is -2.35. The molecule has 0 aromatic heterocycles. The predicted molar refractivity (Wildman–Crippen MR) is 29.8 cm³/mol. The molecule has 0 spiro atoms. The van der Waals surface area contributed by atoms with E-state index in [-0.39, 0.29) is 11.1 Å². The van der Waals surface area contributed by atoms with E-state index in [2.05, 4.69) is 0 Å². The third-order valence-electron chi connectivity index (χ3n) is 1.91. The van der Waals surface area contributed by atoms with Gasteiger partial charge in [0.05, 0.1) is 0 Å². The van der Waals surface area contributed by atoms with Crippen LogP contribution in [0.25, 0.3) is 0 Å². The topological polar surface area (TPSA) is 52.0 Å². The maximum Gasteiger partial charge on any atom is 0.0324 e. The molecule has 2 heteroatoms. The fraction of sp³-hybridized carbons (Fsp3) is 1.00. The molecule has 0 saturated heterocycles. The quantitative estimate of drug-likeness (QED) is 0.444. The Kier molecular flexibility index (Phi) is 0.621. The van der Waals surface area contributed by atoms with Crippen molar-refractivity contribution in [2.24, 2.45) is 11.5 Å². The summed E-state index contributed by atoms with van der Waals surface area (Å²) in [4.78, 5) is 0. The van der Waals surface area contributed by atoms with E-state index in [0.29, 0.717) is 0 Å². The third-order valence-corrected chi connectivity index (χ3v) is 1.91. The standard InChI is InChI=1S/C5H12N2/c1-4(6)3-5(4,2)7/h3,6-7H2,1-2H3/t4-,5+. The Morgan fingerprint density at radius 1 is 1.14 bits per heavy atom. The molecule has 0 aromatic carbocycles. The molecular weight excluding hydrogens is 88.1 g/mol. The van der Waals surface area contributed by atoms with Crippen molar-refractivity contribution in [1.82, 2.24) is 0 Å². The zero-order chi connectivity index (χ0) is 5.71. The zero-order valence-corrected chi connectivity index (χ0v) is 4.86. The van der Waals surface area contributed by atoms with Crippen LogP contribution < -0.4 is 11.5 Å². The molecule has 1 saturated carbocycles. The van der Waals surface area contributed by atoms with Gasteiger partial charge in [-0.1, -0.05) is 0 Å². The molecule has 1 fully saturated rings. The van der Waals surface area contributed by atoms with Crippen LogP contribution in [0.3, 0.4) is 0 Å². The van der Waals surface area contributed by atoms with Gasteiger partial charge >= 0.3 is 0 Å². The molecule has 2 atom stereocenters. The minimum Gasteiger partial charge on any atom is -0.324 e. The van der Waals surface area contributed by atoms with Gasteiger partial charge in [-0.3, -0.25) is 0 Å². The lowest BCUT2D eigenvalue weighted by atomic mass is 10.2. The highest BCUT2D eigenvalue weighted by Crippen LogP contribution is 2.41. The van der Waals surface area contributed by atoms with Crippen molar-refractivity contribution in [3.05, 3.63) is 0 Å². The Balaban J connectivity index is 2.59. The molecule has 0 radical (unpaired) electrons. The molecule has 0 bridgehead atoms. The second kappa shape index (κ2) is 0.858. The molecule has 1 rings (SSSR count). The van der Waals surface area contributed by atoms with E-state index in [1.165, 1.54) is 0 Å². The Bertz CT molecular complexity index is 82.3. The monoisotopic (exact) mass is 100 g/mol. The van der Waals surface area contributed by atoms with Crippen LogP contribution in [0.15, 0.2) is 0 Å². The van der Waals surface area contributed by atoms with Gasteiger partial charge in [0, 0.05) is 11.1 Å². The van der Waals surface area contributed by atoms with Crippen molar-refractivity contribution in [2.75, 3.05) is 0 Å². The first-order valence-corrected chi connectivity index (χ1v) is 2.53. The van der Waals surface area contributed by atoms with Crippen molar-refractivity contribution < 1.29 is 0 Å². The summed E-state index contributed by atoms with van der Waals surface area (Å²) in [5.74, 6) is 0. The van der Waals surface area contributed by atoms with Crippen LogP contribution in [0.5, 0.6) is 0 Å². The first kappa shape index (κ1) is 5.06. The van der Waals surface area contributed by atoms with E-state index in [1.54, 1.807) is 0 Å². The highest BCUT2D eigenvalue weighted by molar-refractivity contribution is 5.19. The minimum atomic E-state index is -0.0764. The number of hydrogen-bond donors (Lipinski definition) is 2. The molecule has 4 N–H and O–H groups in total. The van der Waals surface area contributed by atoms with Gasteiger partial charge in [0.15, 0.2) is 0 Å². The molecule has 0 amide bonds. The van der Waals surface area contributed by atoms with Crippen molar-refractivity contribution in [3.63, 3.8) is 0 Å². The Morgan fingerprint density at radius 2 is 1.29 bits per heavy atom. The van der Waals surface area contributed by atoms with E-state index in [4.69, 9.17) is 11.5 Å². The van der Waals surface area contributed by atoms with Gasteiger partial charge in [-0.15, -0.1) is 0 Å². The van der Waals surface area contributed by atoms with Crippen molar-refractivity contribution in [1.29, 1.82) is 0 Å². The molecule has 0 aliphatic heterocycles. The first-order valence-electron chi connectivity index (χ1n) is 2.53. The van der Waals surface area contributed by atoms with E-state index < -0.39 is 0 Å². The van der Waals surface area contributed by atoms with Gasteiger partial charge in [-0.05, 0) is 20.3 Å². The van der Waals surface area contributed by atoms with Gasteiger partial charge < -0.3 is 11.5 Å². The second-order valence-corrected chi connectivity index (χ2v) is 3.01. The smallest absolute Gasteiger partial charge is 0.0324 e. The Morgan fingerprint density at radius 3 is 1.29 bits per heavy atom. The molecule has 7 heavy (non-hydrogen) atoms. The van der Waals surface area contributed by atoms with E-state index in [0.717, 1.165) is 6.42 Å².